The Hall–Kier alpha value is -2.75. The van der Waals surface area contributed by atoms with E-state index in [0.29, 0.717) is 12.5 Å². The number of aryl methyl sites for hydroxylation is 2. The van der Waals surface area contributed by atoms with Crippen molar-refractivity contribution in [3.05, 3.63) is 65.2 Å². The highest BCUT2D eigenvalue weighted by Crippen LogP contribution is 2.30. The van der Waals surface area contributed by atoms with E-state index in [0.717, 1.165) is 33.7 Å². The molecule has 0 spiro atoms. The molecule has 0 saturated carbocycles. The summed E-state index contributed by atoms with van der Waals surface area (Å²) in [5, 5.41) is 3.97. The summed E-state index contributed by atoms with van der Waals surface area (Å²) < 4.78 is 10.9. The fourth-order valence-electron chi connectivity index (χ4n) is 2.37. The van der Waals surface area contributed by atoms with Crippen LogP contribution in [0.15, 0.2) is 53.1 Å². The molecule has 0 amide bonds. The first kappa shape index (κ1) is 14.2. The quantitative estimate of drug-likeness (QED) is 0.786. The van der Waals surface area contributed by atoms with E-state index in [1.165, 1.54) is 0 Å². The van der Waals surface area contributed by atoms with Gasteiger partial charge >= 0.3 is 0 Å². The molecule has 0 radical (unpaired) electrons. The Morgan fingerprint density at radius 1 is 1.05 bits per heavy atom. The molecule has 0 aliphatic rings. The van der Waals surface area contributed by atoms with Gasteiger partial charge in [-0.2, -0.15) is 0 Å². The molecule has 1 aromatic heterocycles. The van der Waals surface area contributed by atoms with Crippen molar-refractivity contribution in [3.8, 4) is 17.0 Å². The summed E-state index contributed by atoms with van der Waals surface area (Å²) in [6, 6.07) is 15.9. The van der Waals surface area contributed by atoms with Gasteiger partial charge in [0.15, 0.2) is 0 Å². The third-order valence-electron chi connectivity index (χ3n) is 3.56. The Labute approximate surface area is 129 Å². The highest BCUT2D eigenvalue weighted by Gasteiger charge is 2.11. The molecule has 3 rings (SSSR count). The maximum Gasteiger partial charge on any atom is 0.222 e. The van der Waals surface area contributed by atoms with Crippen molar-refractivity contribution in [2.24, 2.45) is 0 Å². The molecule has 1 heterocycles. The number of benzene rings is 2. The van der Waals surface area contributed by atoms with Crippen molar-refractivity contribution in [2.75, 3.05) is 5.73 Å². The average Bonchev–Trinajstić information content (AvgIpc) is 2.95. The van der Waals surface area contributed by atoms with E-state index < -0.39 is 0 Å². The lowest BCUT2D eigenvalue weighted by molar-refractivity contribution is 0.304. The second-order valence-corrected chi connectivity index (χ2v) is 5.32. The van der Waals surface area contributed by atoms with Crippen LogP contribution in [0.1, 0.15) is 16.7 Å². The van der Waals surface area contributed by atoms with Gasteiger partial charge in [-0.05, 0) is 42.7 Å². The van der Waals surface area contributed by atoms with Crippen molar-refractivity contribution in [3.63, 3.8) is 0 Å². The van der Waals surface area contributed by atoms with Crippen LogP contribution in [0.3, 0.4) is 0 Å². The van der Waals surface area contributed by atoms with Gasteiger partial charge in [0.25, 0.3) is 0 Å². The monoisotopic (exact) mass is 294 g/mol. The van der Waals surface area contributed by atoms with Gasteiger partial charge < -0.3 is 15.0 Å². The standard InChI is InChI=1S/C18H18N2O2/c1-12-9-17(21-11-14-6-4-3-5-7-14)13(2)8-15(12)16-10-18(19)22-20-16/h3-10H,11,19H2,1-2H3. The number of nitrogen functional groups attached to an aromatic ring is 1. The maximum atomic E-state index is 5.93. The molecular formula is C18H18N2O2. The molecule has 0 unspecified atom stereocenters. The molecule has 0 saturated heterocycles. The molecule has 0 fully saturated rings. The number of rotatable bonds is 4. The Kier molecular flexibility index (Phi) is 3.83. The lowest BCUT2D eigenvalue weighted by Crippen LogP contribution is -1.98. The van der Waals surface area contributed by atoms with Gasteiger partial charge in [0, 0.05) is 11.6 Å². The number of nitrogens with zero attached hydrogens (tertiary/aromatic N) is 1. The molecule has 0 aliphatic carbocycles. The van der Waals surface area contributed by atoms with Crippen molar-refractivity contribution in [2.45, 2.75) is 20.5 Å². The second-order valence-electron chi connectivity index (χ2n) is 5.32. The van der Waals surface area contributed by atoms with Crippen LogP contribution in [0.2, 0.25) is 0 Å². The molecule has 0 atom stereocenters. The normalized spacial score (nSPS) is 10.6. The van der Waals surface area contributed by atoms with Crippen molar-refractivity contribution in [1.82, 2.24) is 5.16 Å². The highest BCUT2D eigenvalue weighted by molar-refractivity contribution is 5.67. The van der Waals surface area contributed by atoms with Gasteiger partial charge in [0.2, 0.25) is 5.88 Å². The first-order valence-electron chi connectivity index (χ1n) is 7.14. The number of ether oxygens (including phenoxy) is 1. The van der Waals surface area contributed by atoms with Crippen LogP contribution >= 0.6 is 0 Å². The highest BCUT2D eigenvalue weighted by atomic mass is 16.5. The minimum Gasteiger partial charge on any atom is -0.489 e. The van der Waals surface area contributed by atoms with Crippen LogP contribution in [0.4, 0.5) is 5.88 Å². The van der Waals surface area contributed by atoms with Gasteiger partial charge in [-0.3, -0.25) is 0 Å². The number of aromatic nitrogens is 1. The predicted molar refractivity (Wildman–Crippen MR) is 86.6 cm³/mol. The summed E-state index contributed by atoms with van der Waals surface area (Å²) in [6.07, 6.45) is 0. The van der Waals surface area contributed by atoms with Crippen molar-refractivity contribution in [1.29, 1.82) is 0 Å². The molecule has 4 nitrogen and oxygen atoms in total. The maximum absolute atomic E-state index is 5.93. The van der Waals surface area contributed by atoms with Gasteiger partial charge in [-0.15, -0.1) is 0 Å². The molecule has 4 heteroatoms. The summed E-state index contributed by atoms with van der Waals surface area (Å²) in [5.41, 5.74) is 10.6. The Bertz CT molecular complexity index is 779. The topological polar surface area (TPSA) is 61.3 Å². The van der Waals surface area contributed by atoms with Gasteiger partial charge in [0.1, 0.15) is 18.1 Å². The Morgan fingerprint density at radius 3 is 2.50 bits per heavy atom. The molecule has 112 valence electrons. The molecule has 2 N–H and O–H groups in total. The summed E-state index contributed by atoms with van der Waals surface area (Å²) in [4.78, 5) is 0. The van der Waals surface area contributed by atoms with E-state index in [2.05, 4.69) is 17.3 Å². The lowest BCUT2D eigenvalue weighted by atomic mass is 10.0. The SMILES string of the molecule is Cc1cc(-c2cc(N)on2)c(C)cc1OCc1ccccc1. The summed E-state index contributed by atoms with van der Waals surface area (Å²) in [6.45, 7) is 4.60. The molecular weight excluding hydrogens is 276 g/mol. The Balaban J connectivity index is 1.83. The number of hydrogen-bond acceptors (Lipinski definition) is 4. The second kappa shape index (κ2) is 5.93. The molecule has 2 aromatic carbocycles. The zero-order valence-corrected chi connectivity index (χ0v) is 12.7. The fourth-order valence-corrected chi connectivity index (χ4v) is 2.37. The van der Waals surface area contributed by atoms with E-state index >= 15 is 0 Å². The number of nitrogens with two attached hydrogens (primary N) is 1. The van der Waals surface area contributed by atoms with E-state index in [-0.39, 0.29) is 0 Å². The van der Waals surface area contributed by atoms with Crippen LogP contribution in [-0.2, 0) is 6.61 Å². The van der Waals surface area contributed by atoms with Crippen molar-refractivity contribution < 1.29 is 9.26 Å². The summed E-state index contributed by atoms with van der Waals surface area (Å²) in [7, 11) is 0. The van der Waals surface area contributed by atoms with Crippen LogP contribution < -0.4 is 10.5 Å². The smallest absolute Gasteiger partial charge is 0.222 e. The molecule has 22 heavy (non-hydrogen) atoms. The third kappa shape index (κ3) is 2.96. The number of anilines is 1. The lowest BCUT2D eigenvalue weighted by Gasteiger charge is -2.12. The van der Waals surface area contributed by atoms with E-state index in [1.807, 2.05) is 44.2 Å². The van der Waals surface area contributed by atoms with Gasteiger partial charge in [-0.1, -0.05) is 35.5 Å². The van der Waals surface area contributed by atoms with Crippen LogP contribution in [-0.4, -0.2) is 5.16 Å². The van der Waals surface area contributed by atoms with Gasteiger partial charge in [-0.25, -0.2) is 0 Å². The zero-order valence-electron chi connectivity index (χ0n) is 12.7. The van der Waals surface area contributed by atoms with Crippen LogP contribution in [0, 0.1) is 13.8 Å². The minimum atomic E-state index is 0.316. The first-order valence-corrected chi connectivity index (χ1v) is 7.14. The summed E-state index contributed by atoms with van der Waals surface area (Å²) in [5.74, 6) is 1.19. The minimum absolute atomic E-state index is 0.316. The molecule has 0 bridgehead atoms. The predicted octanol–water partition coefficient (Wildman–Crippen LogP) is 4.12. The van der Waals surface area contributed by atoms with Crippen LogP contribution in [0.5, 0.6) is 5.75 Å². The largest absolute Gasteiger partial charge is 0.489 e. The van der Waals surface area contributed by atoms with E-state index in [9.17, 15) is 0 Å². The van der Waals surface area contributed by atoms with E-state index in [1.54, 1.807) is 6.07 Å². The molecule has 3 aromatic rings. The zero-order chi connectivity index (χ0) is 15.5. The van der Waals surface area contributed by atoms with Gasteiger partial charge in [0.05, 0.1) is 0 Å². The van der Waals surface area contributed by atoms with E-state index in [4.69, 9.17) is 15.0 Å². The van der Waals surface area contributed by atoms with Crippen molar-refractivity contribution >= 4 is 5.88 Å². The first-order chi connectivity index (χ1) is 10.6. The average molecular weight is 294 g/mol. The summed E-state index contributed by atoms with van der Waals surface area (Å²) >= 11 is 0. The van der Waals surface area contributed by atoms with Crippen LogP contribution in [0.25, 0.3) is 11.3 Å². The fraction of sp³-hybridized carbons (Fsp3) is 0.167. The Morgan fingerprint density at radius 2 is 1.82 bits per heavy atom. The molecule has 0 aliphatic heterocycles. The number of hydrogen-bond donors (Lipinski definition) is 1. The third-order valence-corrected chi connectivity index (χ3v) is 3.56.